The fraction of sp³-hybridized carbons (Fsp3) is 0.500. The van der Waals surface area contributed by atoms with Crippen LogP contribution in [0.15, 0.2) is 24.3 Å². The normalized spacial score (nSPS) is 13.2. The number of nitrogens with zero attached hydrogens (tertiary/aromatic N) is 1. The summed E-state index contributed by atoms with van der Waals surface area (Å²) in [6.07, 6.45) is 0.977. The van der Waals surface area contributed by atoms with E-state index in [4.69, 9.17) is 0 Å². The highest BCUT2D eigenvalue weighted by Gasteiger charge is 2.07. The van der Waals surface area contributed by atoms with Gasteiger partial charge in [-0.15, -0.1) is 0 Å². The van der Waals surface area contributed by atoms with Crippen LogP contribution in [0.1, 0.15) is 19.4 Å². The fourth-order valence-corrected chi connectivity index (χ4v) is 1.43. The van der Waals surface area contributed by atoms with E-state index in [1.54, 1.807) is 0 Å². The minimum absolute atomic E-state index is 0.162. The molecule has 14 heavy (non-hydrogen) atoms. The third-order valence-electron chi connectivity index (χ3n) is 2.70. The van der Waals surface area contributed by atoms with Crippen LogP contribution in [0, 0.1) is 5.82 Å². The fourth-order valence-electron chi connectivity index (χ4n) is 1.43. The zero-order valence-electron chi connectivity index (χ0n) is 9.13. The Morgan fingerprint density at radius 3 is 2.36 bits per heavy atom. The predicted molar refractivity (Wildman–Crippen MR) is 57.9 cm³/mol. The Morgan fingerprint density at radius 1 is 1.29 bits per heavy atom. The van der Waals surface area contributed by atoms with Crippen LogP contribution < -0.4 is 0 Å². The highest BCUT2D eigenvalue weighted by molar-refractivity contribution is 5.16. The summed E-state index contributed by atoms with van der Waals surface area (Å²) in [5.74, 6) is -0.162. The maximum atomic E-state index is 12.6. The molecule has 0 radical (unpaired) electrons. The summed E-state index contributed by atoms with van der Waals surface area (Å²) in [4.78, 5) is 2.28. The molecule has 0 N–H and O–H groups in total. The zero-order chi connectivity index (χ0) is 10.6. The molecule has 0 amide bonds. The molecule has 1 rings (SSSR count). The van der Waals surface area contributed by atoms with Crippen LogP contribution in [-0.4, -0.2) is 24.5 Å². The molecule has 0 aliphatic heterocycles. The zero-order valence-corrected chi connectivity index (χ0v) is 9.13. The summed E-state index contributed by atoms with van der Waals surface area (Å²) in [5, 5.41) is 0. The summed E-state index contributed by atoms with van der Waals surface area (Å²) >= 11 is 0. The van der Waals surface area contributed by atoms with Gasteiger partial charge in [-0.2, -0.15) is 0 Å². The third kappa shape index (κ3) is 3.11. The van der Waals surface area contributed by atoms with Gasteiger partial charge in [0.1, 0.15) is 5.82 Å². The topological polar surface area (TPSA) is 3.24 Å². The molecule has 78 valence electrons. The van der Waals surface area contributed by atoms with Crippen molar-refractivity contribution >= 4 is 0 Å². The maximum Gasteiger partial charge on any atom is 0.123 e. The maximum absolute atomic E-state index is 12.6. The lowest BCUT2D eigenvalue weighted by Crippen LogP contribution is -2.30. The van der Waals surface area contributed by atoms with E-state index in [-0.39, 0.29) is 5.82 Å². The Labute approximate surface area is 85.5 Å². The van der Waals surface area contributed by atoms with E-state index in [0.29, 0.717) is 6.04 Å². The summed E-state index contributed by atoms with van der Waals surface area (Å²) in [5.41, 5.74) is 1.19. The average molecular weight is 195 g/mol. The first-order chi connectivity index (χ1) is 6.63. The molecule has 0 fully saturated rings. The van der Waals surface area contributed by atoms with Crippen molar-refractivity contribution in [1.29, 1.82) is 0 Å². The van der Waals surface area contributed by atoms with Crippen LogP contribution in [0.3, 0.4) is 0 Å². The van der Waals surface area contributed by atoms with Crippen molar-refractivity contribution in [3.8, 4) is 0 Å². The van der Waals surface area contributed by atoms with Crippen molar-refractivity contribution in [3.63, 3.8) is 0 Å². The molecule has 1 aromatic rings. The second-order valence-electron chi connectivity index (χ2n) is 3.75. The molecule has 0 saturated heterocycles. The number of hydrogen-bond donors (Lipinski definition) is 0. The van der Waals surface area contributed by atoms with Crippen LogP contribution in [0.4, 0.5) is 4.39 Å². The van der Waals surface area contributed by atoms with Gasteiger partial charge in [-0.1, -0.05) is 19.1 Å². The highest BCUT2D eigenvalue weighted by atomic mass is 19.1. The van der Waals surface area contributed by atoms with E-state index in [1.165, 1.54) is 17.7 Å². The number of hydrogen-bond acceptors (Lipinski definition) is 1. The summed E-state index contributed by atoms with van der Waals surface area (Å²) < 4.78 is 12.6. The molecule has 1 nitrogen and oxygen atoms in total. The molecule has 0 spiro atoms. The Bertz CT molecular complexity index is 268. The molecule has 0 saturated carbocycles. The van der Waals surface area contributed by atoms with Crippen molar-refractivity contribution in [1.82, 2.24) is 4.90 Å². The van der Waals surface area contributed by atoms with Crippen LogP contribution in [0.2, 0.25) is 0 Å². The molecular formula is C12H18FN. The first kappa shape index (κ1) is 11.2. The molecule has 2 heteroatoms. The Hall–Kier alpha value is -0.890. The third-order valence-corrected chi connectivity index (χ3v) is 2.70. The second-order valence-corrected chi connectivity index (χ2v) is 3.75. The van der Waals surface area contributed by atoms with Crippen LogP contribution in [0.25, 0.3) is 0 Å². The van der Waals surface area contributed by atoms with E-state index in [9.17, 15) is 4.39 Å². The molecule has 0 aliphatic rings. The molecule has 1 unspecified atom stereocenters. The lowest BCUT2D eigenvalue weighted by Gasteiger charge is -2.22. The van der Waals surface area contributed by atoms with Gasteiger partial charge in [0.2, 0.25) is 0 Å². The Balaban J connectivity index is 2.56. The SMILES string of the molecule is CCN(C)C(C)Cc1ccc(F)cc1. The van der Waals surface area contributed by atoms with Crippen molar-refractivity contribution in [3.05, 3.63) is 35.6 Å². The van der Waals surface area contributed by atoms with Gasteiger partial charge in [0.15, 0.2) is 0 Å². The van der Waals surface area contributed by atoms with E-state index in [2.05, 4.69) is 25.8 Å². The minimum atomic E-state index is -0.162. The molecule has 0 aromatic heterocycles. The van der Waals surface area contributed by atoms with E-state index >= 15 is 0 Å². The van der Waals surface area contributed by atoms with Crippen molar-refractivity contribution in [2.24, 2.45) is 0 Å². The number of likely N-dealkylation sites (N-methyl/N-ethyl adjacent to an activating group) is 1. The smallest absolute Gasteiger partial charge is 0.123 e. The van der Waals surface area contributed by atoms with E-state index < -0.39 is 0 Å². The van der Waals surface area contributed by atoms with E-state index in [0.717, 1.165) is 13.0 Å². The van der Waals surface area contributed by atoms with Gasteiger partial charge in [-0.25, -0.2) is 4.39 Å². The highest BCUT2D eigenvalue weighted by Crippen LogP contribution is 2.08. The lowest BCUT2D eigenvalue weighted by atomic mass is 10.1. The van der Waals surface area contributed by atoms with Crippen molar-refractivity contribution in [2.45, 2.75) is 26.3 Å². The first-order valence-corrected chi connectivity index (χ1v) is 5.08. The lowest BCUT2D eigenvalue weighted by molar-refractivity contribution is 0.270. The van der Waals surface area contributed by atoms with Crippen LogP contribution in [-0.2, 0) is 6.42 Å². The van der Waals surface area contributed by atoms with Crippen LogP contribution >= 0.6 is 0 Å². The van der Waals surface area contributed by atoms with E-state index in [1.807, 2.05) is 12.1 Å². The van der Waals surface area contributed by atoms with Gasteiger partial charge in [0.25, 0.3) is 0 Å². The summed E-state index contributed by atoms with van der Waals surface area (Å²) in [6.45, 7) is 5.37. The Morgan fingerprint density at radius 2 is 1.86 bits per heavy atom. The van der Waals surface area contributed by atoms with Gasteiger partial charge in [0, 0.05) is 6.04 Å². The quantitative estimate of drug-likeness (QED) is 0.714. The number of rotatable bonds is 4. The van der Waals surface area contributed by atoms with Gasteiger partial charge >= 0.3 is 0 Å². The van der Waals surface area contributed by atoms with Crippen molar-refractivity contribution in [2.75, 3.05) is 13.6 Å². The van der Waals surface area contributed by atoms with Gasteiger partial charge in [-0.3, -0.25) is 0 Å². The number of benzene rings is 1. The van der Waals surface area contributed by atoms with Gasteiger partial charge < -0.3 is 4.90 Å². The predicted octanol–water partition coefficient (Wildman–Crippen LogP) is 2.71. The number of halogens is 1. The summed E-state index contributed by atoms with van der Waals surface area (Å²) in [7, 11) is 2.11. The Kier molecular flexibility index (Phi) is 4.08. The second kappa shape index (κ2) is 5.11. The minimum Gasteiger partial charge on any atom is -0.304 e. The monoisotopic (exact) mass is 195 g/mol. The standard InChI is InChI=1S/C12H18FN/c1-4-14(3)10(2)9-11-5-7-12(13)8-6-11/h5-8,10H,4,9H2,1-3H3. The molecule has 0 heterocycles. The molecule has 1 aromatic carbocycles. The largest absolute Gasteiger partial charge is 0.304 e. The summed E-state index contributed by atoms with van der Waals surface area (Å²) in [6, 6.07) is 7.26. The molecule has 0 aliphatic carbocycles. The van der Waals surface area contributed by atoms with Gasteiger partial charge in [0.05, 0.1) is 0 Å². The average Bonchev–Trinajstić information content (AvgIpc) is 2.20. The molecule has 1 atom stereocenters. The van der Waals surface area contributed by atoms with Crippen LogP contribution in [0.5, 0.6) is 0 Å². The molecular weight excluding hydrogens is 177 g/mol. The van der Waals surface area contributed by atoms with Gasteiger partial charge in [-0.05, 0) is 44.6 Å². The first-order valence-electron chi connectivity index (χ1n) is 5.08. The molecule has 0 bridgehead atoms. The van der Waals surface area contributed by atoms with Crippen molar-refractivity contribution < 1.29 is 4.39 Å².